The number of amides is 2. The van der Waals surface area contributed by atoms with E-state index in [-0.39, 0.29) is 11.8 Å². The minimum absolute atomic E-state index is 0.0576. The van der Waals surface area contributed by atoms with Crippen LogP contribution in [0.1, 0.15) is 21.5 Å². The van der Waals surface area contributed by atoms with Crippen LogP contribution in [0.4, 0.5) is 11.4 Å². The summed E-state index contributed by atoms with van der Waals surface area (Å²) < 4.78 is 10.9. The first-order valence-corrected chi connectivity index (χ1v) is 12.4. The van der Waals surface area contributed by atoms with Crippen LogP contribution in [0.15, 0.2) is 60.7 Å². The van der Waals surface area contributed by atoms with Crippen LogP contribution in [-0.2, 0) is 4.79 Å². The van der Waals surface area contributed by atoms with Crippen molar-refractivity contribution < 1.29 is 19.1 Å². The molecule has 0 spiro atoms. The average Bonchev–Trinajstić information content (AvgIpc) is 3.24. The van der Waals surface area contributed by atoms with Gasteiger partial charge in [-0.15, -0.1) is 0 Å². The second-order valence-electron chi connectivity index (χ2n) is 9.20. The zero-order valence-corrected chi connectivity index (χ0v) is 22.8. The molecule has 0 radical (unpaired) electrons. The Balaban J connectivity index is 1.73. The van der Waals surface area contributed by atoms with Crippen LogP contribution in [0.2, 0.25) is 5.02 Å². The molecule has 0 aliphatic carbocycles. The van der Waals surface area contributed by atoms with Gasteiger partial charge in [-0.3, -0.25) is 9.59 Å². The van der Waals surface area contributed by atoms with E-state index in [9.17, 15) is 9.59 Å². The Morgan fingerprint density at radius 1 is 0.895 bits per heavy atom. The number of hydrogen-bond acceptors (Lipinski definition) is 6. The lowest BCUT2D eigenvalue weighted by atomic mass is 9.99. The van der Waals surface area contributed by atoms with Crippen LogP contribution in [0.5, 0.6) is 11.5 Å². The number of benzene rings is 3. The second kappa shape index (κ2) is 11.6. The summed E-state index contributed by atoms with van der Waals surface area (Å²) in [5.41, 5.74) is 4.42. The van der Waals surface area contributed by atoms with Gasteiger partial charge in [-0.2, -0.15) is 0 Å². The molecule has 0 unspecified atom stereocenters. The lowest BCUT2D eigenvalue weighted by molar-refractivity contribution is -0.110. The summed E-state index contributed by atoms with van der Waals surface area (Å²) in [7, 11) is 8.87. The molecule has 0 bridgehead atoms. The maximum Gasteiger partial charge on any atom is 0.258 e. The maximum atomic E-state index is 13.2. The summed E-state index contributed by atoms with van der Waals surface area (Å²) in [4.78, 5) is 29.8. The summed E-state index contributed by atoms with van der Waals surface area (Å²) >= 11 is 6.17. The number of ether oxygens (including phenoxy) is 2. The highest BCUT2D eigenvalue weighted by molar-refractivity contribution is 6.38. The fourth-order valence-electron chi connectivity index (χ4n) is 4.18. The number of carbonyl (C=O) groups is 2. The number of anilines is 2. The fraction of sp³-hybridized carbons (Fsp3) is 0.241. The van der Waals surface area contributed by atoms with Gasteiger partial charge in [0.05, 0.1) is 31.2 Å². The molecule has 3 aromatic carbocycles. The van der Waals surface area contributed by atoms with Crippen molar-refractivity contribution in [2.45, 2.75) is 0 Å². The summed E-state index contributed by atoms with van der Waals surface area (Å²) in [6, 6.07) is 17.9. The van der Waals surface area contributed by atoms with Crippen molar-refractivity contribution in [1.82, 2.24) is 9.80 Å². The first-order valence-electron chi connectivity index (χ1n) is 12.1. The molecule has 0 saturated carbocycles. The predicted octanol–water partition coefficient (Wildman–Crippen LogP) is 4.92. The van der Waals surface area contributed by atoms with Gasteiger partial charge < -0.3 is 29.9 Å². The molecule has 198 valence electrons. The van der Waals surface area contributed by atoms with Crippen LogP contribution >= 0.6 is 11.6 Å². The molecule has 1 aliphatic heterocycles. The van der Waals surface area contributed by atoms with Crippen molar-refractivity contribution in [1.29, 1.82) is 0 Å². The van der Waals surface area contributed by atoms with Crippen LogP contribution in [0.25, 0.3) is 11.3 Å². The third-order valence-corrected chi connectivity index (χ3v) is 6.51. The second-order valence-corrected chi connectivity index (χ2v) is 9.63. The summed E-state index contributed by atoms with van der Waals surface area (Å²) in [6.45, 7) is 1.40. The Labute approximate surface area is 227 Å². The van der Waals surface area contributed by atoms with E-state index >= 15 is 0 Å². The molecular weight excluding hydrogens is 504 g/mol. The van der Waals surface area contributed by atoms with Gasteiger partial charge in [-0.05, 0) is 68.7 Å². The molecule has 3 aromatic rings. The van der Waals surface area contributed by atoms with Gasteiger partial charge in [-0.1, -0.05) is 17.7 Å². The van der Waals surface area contributed by atoms with Gasteiger partial charge in [0.25, 0.3) is 11.8 Å². The molecule has 0 saturated heterocycles. The molecule has 0 aromatic heterocycles. The van der Waals surface area contributed by atoms with Crippen molar-refractivity contribution in [3.8, 4) is 11.5 Å². The van der Waals surface area contributed by atoms with Gasteiger partial charge in [-0.25, -0.2) is 0 Å². The van der Waals surface area contributed by atoms with E-state index in [1.807, 2.05) is 49.3 Å². The molecule has 8 nitrogen and oxygen atoms in total. The number of carbonyl (C=O) groups excluding carboxylic acids is 2. The van der Waals surface area contributed by atoms with Crippen LogP contribution < -0.4 is 20.1 Å². The highest BCUT2D eigenvalue weighted by Gasteiger charge is 2.29. The lowest BCUT2D eigenvalue weighted by Gasteiger charge is -2.20. The first-order chi connectivity index (χ1) is 18.2. The van der Waals surface area contributed by atoms with Gasteiger partial charge in [0.1, 0.15) is 0 Å². The maximum absolute atomic E-state index is 13.2. The zero-order valence-electron chi connectivity index (χ0n) is 22.1. The topological polar surface area (TPSA) is 83.1 Å². The average molecular weight is 535 g/mol. The van der Waals surface area contributed by atoms with E-state index in [1.54, 1.807) is 56.5 Å². The first kappa shape index (κ1) is 27.0. The van der Waals surface area contributed by atoms with Gasteiger partial charge in [0.15, 0.2) is 11.5 Å². The van der Waals surface area contributed by atoms with Crippen molar-refractivity contribution >= 4 is 46.1 Å². The van der Waals surface area contributed by atoms with Gasteiger partial charge in [0.2, 0.25) is 0 Å². The third kappa shape index (κ3) is 5.77. The predicted molar refractivity (Wildman–Crippen MR) is 152 cm³/mol. The van der Waals surface area contributed by atoms with E-state index < -0.39 is 0 Å². The van der Waals surface area contributed by atoms with Crippen LogP contribution in [0, 0.1) is 0 Å². The van der Waals surface area contributed by atoms with E-state index in [4.69, 9.17) is 21.1 Å². The Kier molecular flexibility index (Phi) is 8.24. The minimum Gasteiger partial charge on any atom is -0.493 e. The number of halogens is 1. The number of hydrogen-bond donors (Lipinski definition) is 2. The number of fused-ring (bicyclic) bond motifs is 1. The molecule has 0 atom stereocenters. The quantitative estimate of drug-likeness (QED) is 0.379. The molecule has 1 aliphatic rings. The molecule has 0 fully saturated rings. The Bertz CT molecular complexity index is 1390. The molecule has 2 amide bonds. The normalized spacial score (nSPS) is 13.6. The van der Waals surface area contributed by atoms with Gasteiger partial charge in [0, 0.05) is 47.5 Å². The number of rotatable bonds is 9. The smallest absolute Gasteiger partial charge is 0.258 e. The Morgan fingerprint density at radius 2 is 1.58 bits per heavy atom. The zero-order chi connectivity index (χ0) is 27.4. The number of nitrogens with one attached hydrogen (secondary N) is 2. The molecule has 1 heterocycles. The van der Waals surface area contributed by atoms with Crippen molar-refractivity contribution in [3.63, 3.8) is 0 Å². The minimum atomic E-state index is -0.256. The molecule has 38 heavy (non-hydrogen) atoms. The fourth-order valence-corrected chi connectivity index (χ4v) is 4.35. The van der Waals surface area contributed by atoms with Crippen molar-refractivity contribution in [2.75, 3.05) is 59.1 Å². The largest absolute Gasteiger partial charge is 0.493 e. The van der Waals surface area contributed by atoms with E-state index in [2.05, 4.69) is 10.6 Å². The standard InChI is InChI=1S/C29H31ClN4O4/c1-33(2)14-15-34(3)29(36)18-6-10-21(11-7-18)31-27(19-8-13-24(37-4)25(16-19)38-5)26-22-12-9-20(30)17-23(22)32-28(26)35/h6-13,16-17,31H,14-15H2,1-5H3,(H,32,35). The van der Waals surface area contributed by atoms with Crippen LogP contribution in [-0.4, -0.2) is 70.1 Å². The molecule has 9 heteroatoms. The Hall–Kier alpha value is -4.01. The number of nitrogens with zero attached hydrogens (tertiary/aromatic N) is 2. The van der Waals surface area contributed by atoms with E-state index in [0.29, 0.717) is 51.3 Å². The highest BCUT2D eigenvalue weighted by Crippen LogP contribution is 2.40. The summed E-state index contributed by atoms with van der Waals surface area (Å²) in [5.74, 6) is 0.790. The highest BCUT2D eigenvalue weighted by atomic mass is 35.5. The van der Waals surface area contributed by atoms with Gasteiger partial charge >= 0.3 is 0 Å². The molecular formula is C29H31ClN4O4. The molecule has 4 rings (SSSR count). The number of methoxy groups -OCH3 is 2. The third-order valence-electron chi connectivity index (χ3n) is 6.28. The lowest BCUT2D eigenvalue weighted by Crippen LogP contribution is -2.33. The SMILES string of the molecule is COc1ccc(C(Nc2ccc(C(=O)N(C)CCN(C)C)cc2)=C2C(=O)Nc3cc(Cl)ccc32)cc1OC. The summed E-state index contributed by atoms with van der Waals surface area (Å²) in [6.07, 6.45) is 0. The monoisotopic (exact) mass is 534 g/mol. The van der Waals surface area contributed by atoms with Crippen molar-refractivity contribution in [2.24, 2.45) is 0 Å². The van der Waals surface area contributed by atoms with E-state index in [0.717, 1.165) is 17.7 Å². The Morgan fingerprint density at radius 3 is 2.24 bits per heavy atom. The van der Waals surface area contributed by atoms with E-state index in [1.165, 1.54) is 0 Å². The number of likely N-dealkylation sites (N-methyl/N-ethyl adjacent to an activating group) is 2. The molecule has 2 N–H and O–H groups in total. The summed E-state index contributed by atoms with van der Waals surface area (Å²) in [5, 5.41) is 6.84. The van der Waals surface area contributed by atoms with Crippen molar-refractivity contribution in [3.05, 3.63) is 82.4 Å². The van der Waals surface area contributed by atoms with Crippen LogP contribution in [0.3, 0.4) is 0 Å².